The van der Waals surface area contributed by atoms with Crippen molar-refractivity contribution in [2.24, 2.45) is 0 Å². The molecule has 0 amide bonds. The summed E-state index contributed by atoms with van der Waals surface area (Å²) >= 11 is 0. The van der Waals surface area contributed by atoms with Crippen LogP contribution >= 0.6 is 0 Å². The van der Waals surface area contributed by atoms with Gasteiger partial charge in [-0.15, -0.1) is 0 Å². The fourth-order valence-corrected chi connectivity index (χ4v) is 13.0. The number of Topliss-reactive ketones (excluding diaryl/α,β-unsaturated/α-hetero) is 1. The van der Waals surface area contributed by atoms with Crippen LogP contribution in [0.25, 0.3) is 0 Å². The molecule has 19 nitrogen and oxygen atoms in total. The van der Waals surface area contributed by atoms with Crippen LogP contribution < -0.4 is 0 Å². The third-order valence-electron chi connectivity index (χ3n) is 19.1. The Hall–Kier alpha value is -2.40. The van der Waals surface area contributed by atoms with Gasteiger partial charge in [0, 0.05) is 44.9 Å². The van der Waals surface area contributed by atoms with Crippen molar-refractivity contribution < 1.29 is 91.7 Å². The monoisotopic (exact) mass is 1370 g/mol. The highest BCUT2D eigenvalue weighted by molar-refractivity contribution is 5.75. The van der Waals surface area contributed by atoms with Gasteiger partial charge in [0.05, 0.1) is 78.7 Å². The van der Waals surface area contributed by atoms with Crippen LogP contribution in [0.15, 0.2) is 0 Å². The molecule has 0 saturated carbocycles. The van der Waals surface area contributed by atoms with Crippen molar-refractivity contribution in [3.8, 4) is 0 Å². The molecule has 564 valence electrons. The Morgan fingerprint density at radius 3 is 0.667 bits per heavy atom. The summed E-state index contributed by atoms with van der Waals surface area (Å²) in [5.41, 5.74) is 0. The Kier molecular flexibility index (Phi) is 45.1. The van der Waals surface area contributed by atoms with E-state index in [0.29, 0.717) is 84.5 Å². The van der Waals surface area contributed by atoms with Gasteiger partial charge in [-0.1, -0.05) is 182 Å². The smallest absolute Gasteiger partial charge is 0.466 e. The number of esters is 3. The molecule has 96 heavy (non-hydrogen) atoms. The van der Waals surface area contributed by atoms with Crippen LogP contribution in [0, 0.1) is 0 Å². The van der Waals surface area contributed by atoms with Crippen LogP contribution in [-0.4, -0.2) is 154 Å². The van der Waals surface area contributed by atoms with Gasteiger partial charge in [0.1, 0.15) is 42.4 Å². The molecular formula is C77H143O19+. The molecule has 0 radical (unpaired) electrons. The van der Waals surface area contributed by atoms with E-state index < -0.39 is 34.7 Å². The van der Waals surface area contributed by atoms with Gasteiger partial charge in [0.2, 0.25) is 0 Å². The molecule has 19 heteroatoms. The summed E-state index contributed by atoms with van der Waals surface area (Å²) in [7, 11) is 0. The third-order valence-corrected chi connectivity index (χ3v) is 19.1. The molecule has 0 N–H and O–H groups in total. The van der Waals surface area contributed by atoms with E-state index in [1.807, 2.05) is 27.7 Å². The Balaban J connectivity index is 0.000000455. The summed E-state index contributed by atoms with van der Waals surface area (Å²) < 4.78 is 87.3. The lowest BCUT2D eigenvalue weighted by molar-refractivity contribution is -0.194. The van der Waals surface area contributed by atoms with E-state index in [2.05, 4.69) is 41.5 Å². The molecule has 6 aliphatic heterocycles. The lowest BCUT2D eigenvalue weighted by Crippen LogP contribution is -2.36. The molecule has 12 atom stereocenters. The number of ether oxygens (including phenoxy) is 15. The molecule has 6 fully saturated rings. The molecule has 0 spiro atoms. The third kappa shape index (κ3) is 37.5. The molecule has 0 aromatic heterocycles. The van der Waals surface area contributed by atoms with Gasteiger partial charge >= 0.3 is 19.3 Å². The number of rotatable bonds is 47. The van der Waals surface area contributed by atoms with Crippen LogP contribution in [0.4, 0.5) is 0 Å². The minimum atomic E-state index is -0.843. The number of hydrogen-bond acceptors (Lipinski definition) is 19. The highest BCUT2D eigenvalue weighted by Crippen LogP contribution is 2.40. The number of unbranched alkanes of at least 4 members (excludes halogenated alkanes) is 24. The van der Waals surface area contributed by atoms with E-state index in [4.69, 9.17) is 71.1 Å². The Morgan fingerprint density at radius 1 is 0.281 bits per heavy atom. The second kappa shape index (κ2) is 49.3. The molecule has 6 heterocycles. The summed E-state index contributed by atoms with van der Waals surface area (Å²) in [6.07, 6.45) is 41.2. The lowest BCUT2D eigenvalue weighted by Gasteiger charge is -2.26. The van der Waals surface area contributed by atoms with E-state index in [1.165, 1.54) is 167 Å². The number of ketones is 1. The Morgan fingerprint density at radius 2 is 0.469 bits per heavy atom. The van der Waals surface area contributed by atoms with Gasteiger partial charge in [0.25, 0.3) is 0 Å². The van der Waals surface area contributed by atoms with E-state index >= 15 is 0 Å². The summed E-state index contributed by atoms with van der Waals surface area (Å²) in [5, 5.41) is 0. The van der Waals surface area contributed by atoms with Gasteiger partial charge in [-0.05, 0) is 94.9 Å². The summed E-state index contributed by atoms with van der Waals surface area (Å²) in [6.45, 7) is 31.8. The first-order valence-corrected chi connectivity index (χ1v) is 38.8. The highest BCUT2D eigenvalue weighted by atomic mass is 16.8. The molecule has 0 bridgehead atoms. The topological polar surface area (TPSA) is 207 Å². The largest absolute Gasteiger partial charge is 1.00 e. The van der Waals surface area contributed by atoms with Crippen molar-refractivity contribution in [2.45, 2.75) is 412 Å². The fraction of sp³-hybridized carbons (Fsp3) is 0.948. The van der Waals surface area contributed by atoms with E-state index in [-0.39, 0.29) is 75.2 Å². The van der Waals surface area contributed by atoms with Gasteiger partial charge in [-0.25, -0.2) is 0 Å². The summed E-state index contributed by atoms with van der Waals surface area (Å²) in [6, 6.07) is 0. The Labute approximate surface area is 584 Å². The second-order valence-electron chi connectivity index (χ2n) is 28.7. The number of hydrogen-bond donors (Lipinski definition) is 0. The molecule has 0 aliphatic carbocycles. The molecular weight excluding hydrogens is 1230 g/mol. The van der Waals surface area contributed by atoms with Crippen molar-refractivity contribution in [1.29, 1.82) is 0 Å². The second-order valence-corrected chi connectivity index (χ2v) is 28.7. The molecule has 6 aliphatic rings. The standard InChI is InChI=1S/C26H50O4.C22H40O6.C18H30O8.C11H22O/c1-5-7-9-11-13-15-17-19-25(3)27-21-23(29-25)24-22-28-26(4,30-24)20-18-16-14-12-10-8-6-2;1-5-7-8-9-10-11-12-14-21(3)25-16-18(27-21)19-17-26-22(4,28-19)15-13-20(23)24-6-2;1-5-21-15(19)7-9-17(3)23-11-13(25-17)14-12-24-18(4,26-14)10-8-16(20)22-6-2;1-3-4-5-6-7-8-9-10-11(2)12/h23-24H,5-22H2,1-4H3;18-19H,5-17H2,1-4H3;13-14H,5-12H2,1-4H3;3-10H2,1-2H3/p+1. The normalized spacial score (nSPS) is 29.9. The van der Waals surface area contributed by atoms with Crippen LogP contribution in [-0.2, 0) is 90.2 Å². The highest BCUT2D eigenvalue weighted by Gasteiger charge is 2.50. The minimum absolute atomic E-state index is 0. The quantitative estimate of drug-likeness (QED) is 0.0315. The molecule has 6 saturated heterocycles. The average molecular weight is 1370 g/mol. The first kappa shape index (κ1) is 87.8. The predicted molar refractivity (Wildman–Crippen MR) is 375 cm³/mol. The van der Waals surface area contributed by atoms with Crippen molar-refractivity contribution in [2.75, 3.05) is 59.5 Å². The van der Waals surface area contributed by atoms with E-state index in [9.17, 15) is 19.2 Å². The fourth-order valence-electron chi connectivity index (χ4n) is 13.0. The number of carbonyl (C=O) groups is 4. The summed E-state index contributed by atoms with van der Waals surface area (Å²) in [4.78, 5) is 45.2. The Bertz CT molecular complexity index is 1970. The van der Waals surface area contributed by atoms with Crippen LogP contribution in [0.5, 0.6) is 0 Å². The first-order chi connectivity index (χ1) is 46.0. The van der Waals surface area contributed by atoms with Crippen molar-refractivity contribution in [3.05, 3.63) is 0 Å². The summed E-state index contributed by atoms with van der Waals surface area (Å²) in [5.74, 6) is -4.29. The van der Waals surface area contributed by atoms with E-state index in [1.54, 1.807) is 27.7 Å². The SMILES string of the molecule is CCCCCCCCCC(C)=O.CCCCCCCCCC1(C)OCC(C2COC(C)(CCC(=O)OCC)O2)O1.CCCCCCCCCC1(C)OCC(C2COC(C)(CCCCCCCCC)O2)O1.CCOC(=O)CCC1(C)OCC(C2COC(C)(CCC(=O)OCC)O2)O1.[H+]. The van der Waals surface area contributed by atoms with Crippen LogP contribution in [0.2, 0.25) is 0 Å². The van der Waals surface area contributed by atoms with Gasteiger partial charge in [-0.3, -0.25) is 14.4 Å². The predicted octanol–water partition coefficient (Wildman–Crippen LogP) is 18.0. The lowest BCUT2D eigenvalue weighted by atomic mass is 10.1. The average Bonchev–Trinajstić information content (AvgIpc) is 1.70. The van der Waals surface area contributed by atoms with Crippen LogP contribution in [0.1, 0.15) is 342 Å². The van der Waals surface area contributed by atoms with Crippen LogP contribution in [0.3, 0.4) is 0 Å². The van der Waals surface area contributed by atoms with Crippen molar-refractivity contribution in [3.63, 3.8) is 0 Å². The maximum absolute atomic E-state index is 11.6. The molecule has 0 aromatic carbocycles. The maximum atomic E-state index is 11.6. The van der Waals surface area contributed by atoms with Crippen molar-refractivity contribution in [1.82, 2.24) is 0 Å². The molecule has 6 rings (SSSR count). The minimum Gasteiger partial charge on any atom is -0.466 e. The van der Waals surface area contributed by atoms with Gasteiger partial charge in [0.15, 0.2) is 34.7 Å². The zero-order valence-corrected chi connectivity index (χ0v) is 63.5. The first-order valence-electron chi connectivity index (χ1n) is 38.8. The van der Waals surface area contributed by atoms with Crippen molar-refractivity contribution >= 4 is 23.7 Å². The molecule has 12 unspecified atom stereocenters. The van der Waals surface area contributed by atoms with E-state index in [0.717, 1.165) is 38.5 Å². The van der Waals surface area contributed by atoms with Gasteiger partial charge in [-0.2, -0.15) is 0 Å². The zero-order valence-electron chi connectivity index (χ0n) is 64.5. The zero-order chi connectivity index (χ0) is 70.6. The molecule has 0 aromatic rings. The number of carbonyl (C=O) groups excluding carboxylic acids is 4. The van der Waals surface area contributed by atoms with Gasteiger partial charge < -0.3 is 75.8 Å². The maximum Gasteiger partial charge on any atom is 1.00 e.